The van der Waals surface area contributed by atoms with Gasteiger partial charge in [0.05, 0.1) is 36.8 Å². The fourth-order valence-corrected chi connectivity index (χ4v) is 6.59. The maximum absolute atomic E-state index is 13.7. The molecule has 1 atom stereocenters. The van der Waals surface area contributed by atoms with Gasteiger partial charge < -0.3 is 9.47 Å². The molecular weight excluding hydrogens is 424 g/mol. The van der Waals surface area contributed by atoms with Gasteiger partial charge in [-0.1, -0.05) is 30.3 Å². The van der Waals surface area contributed by atoms with Crippen molar-refractivity contribution in [3.63, 3.8) is 0 Å². The molecule has 32 heavy (non-hydrogen) atoms. The zero-order chi connectivity index (χ0) is 22.5. The van der Waals surface area contributed by atoms with Gasteiger partial charge in [0.15, 0.2) is 11.5 Å². The minimum Gasteiger partial charge on any atom is -0.493 e. The molecule has 3 aromatic carbocycles. The monoisotopic (exact) mass is 446 g/mol. The number of sulfonamides is 1. The molecule has 0 aromatic heterocycles. The van der Waals surface area contributed by atoms with E-state index in [1.54, 1.807) is 36.7 Å². The molecule has 0 spiro atoms. The van der Waals surface area contributed by atoms with Gasteiger partial charge in [-0.15, -0.1) is 0 Å². The Hall–Kier alpha value is -3.34. The highest BCUT2D eigenvalue weighted by Crippen LogP contribution is 2.53. The Balaban J connectivity index is 1.73. The SMILES string of the molecule is COc1cc2c3c(c1OC)-c1ccccc1C[C@H]3N(S(=O)(=O)c1cccc(C#N)c1)CC2. The quantitative estimate of drug-likeness (QED) is 0.603. The van der Waals surface area contributed by atoms with E-state index in [4.69, 9.17) is 9.47 Å². The van der Waals surface area contributed by atoms with Crippen LogP contribution < -0.4 is 9.47 Å². The summed E-state index contributed by atoms with van der Waals surface area (Å²) >= 11 is 0. The van der Waals surface area contributed by atoms with Crippen LogP contribution in [0.4, 0.5) is 0 Å². The van der Waals surface area contributed by atoms with Crippen molar-refractivity contribution in [2.45, 2.75) is 23.8 Å². The lowest BCUT2D eigenvalue weighted by atomic mass is 9.77. The lowest BCUT2D eigenvalue weighted by molar-refractivity contribution is 0.299. The number of ether oxygens (including phenoxy) is 2. The van der Waals surface area contributed by atoms with Crippen molar-refractivity contribution in [3.05, 3.63) is 76.9 Å². The summed E-state index contributed by atoms with van der Waals surface area (Å²) in [6.07, 6.45) is 1.14. The van der Waals surface area contributed by atoms with Gasteiger partial charge in [0.2, 0.25) is 10.0 Å². The van der Waals surface area contributed by atoms with Crippen LogP contribution in [-0.2, 0) is 22.9 Å². The summed E-state index contributed by atoms with van der Waals surface area (Å²) in [6, 6.07) is 17.9. The predicted octanol–water partition coefficient (Wildman–Crippen LogP) is 4.09. The number of hydrogen-bond acceptors (Lipinski definition) is 5. The van der Waals surface area contributed by atoms with E-state index in [1.165, 1.54) is 6.07 Å². The minimum atomic E-state index is -3.81. The lowest BCUT2D eigenvalue weighted by Gasteiger charge is -2.41. The van der Waals surface area contributed by atoms with Crippen LogP contribution in [0.25, 0.3) is 11.1 Å². The van der Waals surface area contributed by atoms with Gasteiger partial charge >= 0.3 is 0 Å². The molecule has 0 bridgehead atoms. The average Bonchev–Trinajstić information content (AvgIpc) is 2.83. The molecule has 7 heteroatoms. The van der Waals surface area contributed by atoms with Crippen LogP contribution in [0.3, 0.4) is 0 Å². The fraction of sp³-hybridized carbons (Fsp3) is 0.240. The second-order valence-electron chi connectivity index (χ2n) is 7.94. The molecular formula is C25H22N2O4S. The van der Waals surface area contributed by atoms with Crippen LogP contribution in [0.5, 0.6) is 11.5 Å². The molecule has 0 saturated carbocycles. The van der Waals surface area contributed by atoms with Gasteiger partial charge in [0, 0.05) is 12.1 Å². The molecule has 1 heterocycles. The van der Waals surface area contributed by atoms with E-state index in [-0.39, 0.29) is 10.9 Å². The molecule has 6 nitrogen and oxygen atoms in total. The van der Waals surface area contributed by atoms with Gasteiger partial charge in [0.1, 0.15) is 0 Å². The molecule has 1 aliphatic carbocycles. The van der Waals surface area contributed by atoms with E-state index in [1.807, 2.05) is 36.4 Å². The molecule has 0 amide bonds. The molecule has 0 radical (unpaired) electrons. The van der Waals surface area contributed by atoms with Gasteiger partial charge in [0.25, 0.3) is 0 Å². The number of methoxy groups -OCH3 is 2. The van der Waals surface area contributed by atoms with Gasteiger partial charge in [-0.2, -0.15) is 9.57 Å². The summed E-state index contributed by atoms with van der Waals surface area (Å²) in [5, 5.41) is 9.24. The second-order valence-corrected chi connectivity index (χ2v) is 9.83. The van der Waals surface area contributed by atoms with Crippen LogP contribution in [0.2, 0.25) is 0 Å². The fourth-order valence-electron chi connectivity index (χ4n) is 4.95. The van der Waals surface area contributed by atoms with Gasteiger partial charge in [-0.25, -0.2) is 8.42 Å². The first kappa shape index (κ1) is 20.6. The first-order valence-corrected chi connectivity index (χ1v) is 11.8. The normalized spacial score (nSPS) is 17.1. The summed E-state index contributed by atoms with van der Waals surface area (Å²) in [4.78, 5) is 0.140. The van der Waals surface area contributed by atoms with Crippen LogP contribution >= 0.6 is 0 Å². The smallest absolute Gasteiger partial charge is 0.243 e. The van der Waals surface area contributed by atoms with Crippen molar-refractivity contribution in [2.75, 3.05) is 20.8 Å². The number of fused-ring (bicyclic) bond motifs is 2. The largest absolute Gasteiger partial charge is 0.493 e. The number of nitriles is 1. The second kappa shape index (κ2) is 7.66. The Morgan fingerprint density at radius 3 is 2.59 bits per heavy atom. The van der Waals surface area contributed by atoms with Gasteiger partial charge in [-0.05, 0) is 59.4 Å². The summed E-state index contributed by atoms with van der Waals surface area (Å²) in [6.45, 7) is 0.355. The molecule has 2 aliphatic rings. The van der Waals surface area contributed by atoms with Crippen LogP contribution in [-0.4, -0.2) is 33.5 Å². The minimum absolute atomic E-state index is 0.140. The van der Waals surface area contributed by atoms with Gasteiger partial charge in [-0.3, -0.25) is 0 Å². The third-order valence-corrected chi connectivity index (χ3v) is 8.25. The zero-order valence-corrected chi connectivity index (χ0v) is 18.6. The zero-order valence-electron chi connectivity index (χ0n) is 17.8. The molecule has 0 N–H and O–H groups in total. The first-order chi connectivity index (χ1) is 15.5. The van der Waals surface area contributed by atoms with E-state index in [0.29, 0.717) is 36.4 Å². The average molecular weight is 447 g/mol. The van der Waals surface area contributed by atoms with Crippen LogP contribution in [0.1, 0.15) is 28.3 Å². The van der Waals surface area contributed by atoms with E-state index in [0.717, 1.165) is 27.8 Å². The van der Waals surface area contributed by atoms with E-state index in [9.17, 15) is 13.7 Å². The Bertz CT molecular complexity index is 1380. The number of benzene rings is 3. The molecule has 1 aliphatic heterocycles. The van der Waals surface area contributed by atoms with E-state index >= 15 is 0 Å². The van der Waals surface area contributed by atoms with Crippen molar-refractivity contribution < 1.29 is 17.9 Å². The topological polar surface area (TPSA) is 79.6 Å². The highest BCUT2D eigenvalue weighted by atomic mass is 32.2. The van der Waals surface area contributed by atoms with Crippen molar-refractivity contribution >= 4 is 10.0 Å². The molecule has 0 saturated heterocycles. The van der Waals surface area contributed by atoms with Crippen molar-refractivity contribution in [1.29, 1.82) is 5.26 Å². The van der Waals surface area contributed by atoms with Crippen LogP contribution in [0, 0.1) is 11.3 Å². The van der Waals surface area contributed by atoms with Crippen LogP contribution in [0.15, 0.2) is 59.5 Å². The maximum Gasteiger partial charge on any atom is 0.243 e. The highest BCUT2D eigenvalue weighted by Gasteiger charge is 2.42. The Morgan fingerprint density at radius 1 is 1.03 bits per heavy atom. The van der Waals surface area contributed by atoms with E-state index < -0.39 is 10.0 Å². The van der Waals surface area contributed by atoms with Crippen molar-refractivity contribution in [1.82, 2.24) is 4.31 Å². The predicted molar refractivity (Wildman–Crippen MR) is 120 cm³/mol. The third-order valence-electron chi connectivity index (χ3n) is 6.35. The molecule has 3 aromatic rings. The molecule has 0 fully saturated rings. The number of rotatable bonds is 4. The summed E-state index contributed by atoms with van der Waals surface area (Å²) in [7, 11) is -0.584. The van der Waals surface area contributed by atoms with Crippen molar-refractivity contribution in [2.24, 2.45) is 0 Å². The first-order valence-electron chi connectivity index (χ1n) is 10.4. The third kappa shape index (κ3) is 2.99. The Morgan fingerprint density at radius 2 is 1.84 bits per heavy atom. The lowest BCUT2D eigenvalue weighted by Crippen LogP contribution is -2.42. The maximum atomic E-state index is 13.7. The summed E-state index contributed by atoms with van der Waals surface area (Å²) in [5.74, 6) is 1.27. The molecule has 0 unspecified atom stereocenters. The summed E-state index contributed by atoms with van der Waals surface area (Å²) in [5.41, 5.74) is 5.39. The highest BCUT2D eigenvalue weighted by molar-refractivity contribution is 7.89. The molecule has 162 valence electrons. The van der Waals surface area contributed by atoms with E-state index in [2.05, 4.69) is 0 Å². The molecule has 5 rings (SSSR count). The number of hydrogen-bond donors (Lipinski definition) is 0. The Kier molecular flexibility index (Phi) is 4.92. The summed E-state index contributed by atoms with van der Waals surface area (Å²) < 4.78 is 40.4. The number of nitrogens with zero attached hydrogens (tertiary/aromatic N) is 2. The standard InChI is InChI=1S/C25H22N2O4S/c1-30-22-14-18-10-11-27(32(28,29)19-8-5-6-16(12-19)15-26)21-13-17-7-3-4-9-20(17)24(23(18)21)25(22)31-2/h3-9,12,14,21H,10-11,13H2,1-2H3/t21-/m1/s1. The Labute approximate surface area is 187 Å². The van der Waals surface area contributed by atoms with Crippen molar-refractivity contribution in [3.8, 4) is 28.7 Å².